The fraction of sp³-hybridized carbons (Fsp3) is 0.391. The molecule has 0 spiro atoms. The number of urea groups is 1. The number of halogens is 1. The van der Waals surface area contributed by atoms with Gasteiger partial charge in [0.25, 0.3) is 0 Å². The molecular weight excluding hydrogens is 415 g/mol. The van der Waals surface area contributed by atoms with E-state index in [2.05, 4.69) is 17.3 Å². The molecule has 1 fully saturated rings. The lowest BCUT2D eigenvalue weighted by Gasteiger charge is -2.34. The Morgan fingerprint density at radius 2 is 2.06 bits per heavy atom. The molecule has 0 radical (unpaired) electrons. The average molecular weight is 439 g/mol. The summed E-state index contributed by atoms with van der Waals surface area (Å²) in [6, 6.07) is 6.83. The summed E-state index contributed by atoms with van der Waals surface area (Å²) in [5.41, 5.74) is 4.60. The summed E-state index contributed by atoms with van der Waals surface area (Å²) < 4.78 is 21.5. The summed E-state index contributed by atoms with van der Waals surface area (Å²) in [6.07, 6.45) is 2.80. The number of piperidine rings is 1. The number of carbonyl (C=O) groups is 1. The molecule has 160 valence electrons. The molecule has 1 aromatic heterocycles. The Hall–Kier alpha value is -2.71. The van der Waals surface area contributed by atoms with Crippen molar-refractivity contribution in [1.82, 2.24) is 15.2 Å². The second-order valence-corrected chi connectivity index (χ2v) is 9.56. The van der Waals surface area contributed by atoms with Crippen molar-refractivity contribution in [2.45, 2.75) is 31.7 Å². The zero-order chi connectivity index (χ0) is 21.1. The lowest BCUT2D eigenvalue weighted by Crippen LogP contribution is -2.42. The highest BCUT2D eigenvalue weighted by Gasteiger charge is 2.33. The Morgan fingerprint density at radius 1 is 1.23 bits per heavy atom. The van der Waals surface area contributed by atoms with Gasteiger partial charge in [-0.2, -0.15) is 0 Å². The molecule has 4 heterocycles. The largest absolute Gasteiger partial charge is 0.493 e. The van der Waals surface area contributed by atoms with Gasteiger partial charge in [0, 0.05) is 18.5 Å². The highest BCUT2D eigenvalue weighted by atomic mass is 32.1. The number of hydrogen-bond donors (Lipinski definition) is 1. The van der Waals surface area contributed by atoms with Gasteiger partial charge in [0.1, 0.15) is 11.6 Å². The third kappa shape index (κ3) is 3.08. The number of hydrogen-bond acceptors (Lipinski definition) is 5. The molecule has 2 aromatic carbocycles. The van der Waals surface area contributed by atoms with Gasteiger partial charge in [-0.15, -0.1) is 0 Å². The van der Waals surface area contributed by atoms with Gasteiger partial charge in [-0.05, 0) is 74.3 Å². The average Bonchev–Trinajstić information content (AvgIpc) is 3.40. The lowest BCUT2D eigenvalue weighted by molar-refractivity contribution is 0.246. The van der Waals surface area contributed by atoms with E-state index in [4.69, 9.17) is 9.72 Å². The molecule has 1 N–H and O–H groups in total. The fourth-order valence-electron chi connectivity index (χ4n) is 5.01. The number of amides is 2. The molecule has 8 heteroatoms. The summed E-state index contributed by atoms with van der Waals surface area (Å²) in [6.45, 7) is 3.06. The van der Waals surface area contributed by atoms with Crippen molar-refractivity contribution in [2.75, 3.05) is 31.6 Å². The number of ether oxygens (including phenoxy) is 1. The van der Waals surface area contributed by atoms with Crippen LogP contribution in [-0.2, 0) is 13.0 Å². The van der Waals surface area contributed by atoms with Crippen LogP contribution in [0.5, 0.6) is 5.75 Å². The second kappa shape index (κ2) is 7.17. The first-order valence-electron chi connectivity index (χ1n) is 10.7. The van der Waals surface area contributed by atoms with Crippen LogP contribution in [0, 0.1) is 5.82 Å². The number of carbonyl (C=O) groups excluding carboxylic acids is 1. The van der Waals surface area contributed by atoms with E-state index in [-0.39, 0.29) is 11.8 Å². The van der Waals surface area contributed by atoms with Crippen LogP contribution in [0.4, 0.5) is 20.0 Å². The van der Waals surface area contributed by atoms with E-state index in [1.165, 1.54) is 17.4 Å². The van der Waals surface area contributed by atoms with E-state index < -0.39 is 0 Å². The molecule has 6 rings (SSSR count). The van der Waals surface area contributed by atoms with Crippen molar-refractivity contribution in [1.29, 1.82) is 0 Å². The third-order valence-electron chi connectivity index (χ3n) is 6.66. The van der Waals surface area contributed by atoms with Crippen molar-refractivity contribution < 1.29 is 13.9 Å². The van der Waals surface area contributed by atoms with E-state index in [1.807, 2.05) is 12.1 Å². The molecule has 6 nitrogen and oxygen atoms in total. The van der Waals surface area contributed by atoms with Crippen LogP contribution in [0.2, 0.25) is 0 Å². The van der Waals surface area contributed by atoms with Gasteiger partial charge in [-0.3, -0.25) is 0 Å². The van der Waals surface area contributed by atoms with Crippen molar-refractivity contribution >= 4 is 38.4 Å². The predicted octanol–water partition coefficient (Wildman–Crippen LogP) is 4.54. The smallest absolute Gasteiger partial charge is 0.328 e. The van der Waals surface area contributed by atoms with Crippen LogP contribution in [0.1, 0.15) is 35.4 Å². The van der Waals surface area contributed by atoms with Crippen LogP contribution < -0.4 is 15.0 Å². The minimum atomic E-state index is -0.303. The maximum atomic E-state index is 14.8. The van der Waals surface area contributed by atoms with Crippen molar-refractivity contribution in [3.8, 4) is 5.75 Å². The number of fused-ring (bicyclic) bond motifs is 4. The number of nitrogens with one attached hydrogen (secondary N) is 1. The Morgan fingerprint density at radius 3 is 2.90 bits per heavy atom. The number of anilines is 2. The molecule has 0 saturated carbocycles. The molecule has 3 aliphatic heterocycles. The van der Waals surface area contributed by atoms with Crippen LogP contribution in [0.15, 0.2) is 24.3 Å². The first-order chi connectivity index (χ1) is 15.1. The molecular formula is C23H23FN4O2S. The normalized spacial score (nSPS) is 19.3. The summed E-state index contributed by atoms with van der Waals surface area (Å²) in [7, 11) is 2.12. The summed E-state index contributed by atoms with van der Waals surface area (Å²) in [5, 5.41) is 3.55. The molecule has 0 unspecified atom stereocenters. The van der Waals surface area contributed by atoms with Gasteiger partial charge in [-0.25, -0.2) is 19.1 Å². The van der Waals surface area contributed by atoms with Crippen LogP contribution in [0.3, 0.4) is 0 Å². The topological polar surface area (TPSA) is 57.7 Å². The molecule has 2 amide bonds. The quantitative estimate of drug-likeness (QED) is 0.638. The minimum absolute atomic E-state index is 0.264. The van der Waals surface area contributed by atoms with Crippen LogP contribution >= 0.6 is 11.3 Å². The first-order valence-corrected chi connectivity index (χ1v) is 11.5. The first kappa shape index (κ1) is 19.0. The van der Waals surface area contributed by atoms with E-state index in [1.54, 1.807) is 11.0 Å². The predicted molar refractivity (Wildman–Crippen MR) is 119 cm³/mol. The number of thiazole rings is 1. The van der Waals surface area contributed by atoms with Crippen molar-refractivity contribution in [3.05, 3.63) is 46.8 Å². The molecule has 0 atom stereocenters. The number of likely N-dealkylation sites (tertiary alicyclic amines) is 1. The number of nitrogens with zero attached hydrogens (tertiary/aromatic N) is 3. The Labute approximate surface area is 183 Å². The molecule has 31 heavy (non-hydrogen) atoms. The fourth-order valence-corrected chi connectivity index (χ4v) is 6.02. The Balaban J connectivity index is 1.46. The highest BCUT2D eigenvalue weighted by Crippen LogP contribution is 2.43. The minimum Gasteiger partial charge on any atom is -0.493 e. The Kier molecular flexibility index (Phi) is 4.40. The molecule has 3 aliphatic rings. The number of benzene rings is 2. The van der Waals surface area contributed by atoms with E-state index >= 15 is 0 Å². The number of aromatic nitrogens is 1. The van der Waals surface area contributed by atoms with Gasteiger partial charge in [0.05, 0.1) is 22.5 Å². The van der Waals surface area contributed by atoms with Gasteiger partial charge >= 0.3 is 6.03 Å². The second-order valence-electron chi connectivity index (χ2n) is 8.55. The zero-order valence-corrected chi connectivity index (χ0v) is 18.1. The molecule has 0 aliphatic carbocycles. The number of rotatable bonds is 2. The summed E-state index contributed by atoms with van der Waals surface area (Å²) in [4.78, 5) is 21.6. The highest BCUT2D eigenvalue weighted by molar-refractivity contribution is 7.22. The monoisotopic (exact) mass is 438 g/mol. The van der Waals surface area contributed by atoms with Gasteiger partial charge in [-0.1, -0.05) is 11.3 Å². The van der Waals surface area contributed by atoms with Gasteiger partial charge in [0.15, 0.2) is 5.13 Å². The standard InChI is InChI=1S/C23H23FN4O2S/c1-27-7-4-13(5-8-27)16-10-14(24)11-18-17(16)12-25-22(29)28(18)23-26-21-15-6-9-30-19(15)2-3-20(21)31-23/h2-3,10-11,13H,4-9,12H2,1H3,(H,25,29). The third-order valence-corrected chi connectivity index (χ3v) is 7.66. The summed E-state index contributed by atoms with van der Waals surface area (Å²) >= 11 is 1.45. The molecule has 1 saturated heterocycles. The zero-order valence-electron chi connectivity index (χ0n) is 17.3. The Bertz CT molecular complexity index is 1200. The molecule has 3 aromatic rings. The van der Waals surface area contributed by atoms with Crippen LogP contribution in [0.25, 0.3) is 10.2 Å². The van der Waals surface area contributed by atoms with Gasteiger partial charge < -0.3 is 15.0 Å². The SMILES string of the molecule is CN1CCC(c2cc(F)cc3c2CNC(=O)N3c2nc3c4c(ccc3s2)OCC4)CC1. The van der Waals surface area contributed by atoms with Crippen LogP contribution in [-0.4, -0.2) is 42.7 Å². The molecule has 0 bridgehead atoms. The van der Waals surface area contributed by atoms with Crippen molar-refractivity contribution in [2.24, 2.45) is 0 Å². The van der Waals surface area contributed by atoms with E-state index in [0.29, 0.717) is 29.9 Å². The van der Waals surface area contributed by atoms with E-state index in [0.717, 1.165) is 65.0 Å². The maximum absolute atomic E-state index is 14.8. The summed E-state index contributed by atoms with van der Waals surface area (Å²) in [5.74, 6) is 0.861. The van der Waals surface area contributed by atoms with Gasteiger partial charge in [0.2, 0.25) is 0 Å². The maximum Gasteiger partial charge on any atom is 0.328 e. The van der Waals surface area contributed by atoms with Crippen molar-refractivity contribution in [3.63, 3.8) is 0 Å². The van der Waals surface area contributed by atoms with E-state index in [9.17, 15) is 9.18 Å². The lowest BCUT2D eigenvalue weighted by atomic mass is 9.85.